The fourth-order valence-corrected chi connectivity index (χ4v) is 1.71. The van der Waals surface area contributed by atoms with Gasteiger partial charge in [0.25, 0.3) is 0 Å². The first-order chi connectivity index (χ1) is 7.00. The smallest absolute Gasteiger partial charge is 0.328 e. The summed E-state index contributed by atoms with van der Waals surface area (Å²) in [7, 11) is 0. The van der Waals surface area contributed by atoms with E-state index in [4.69, 9.17) is 10.2 Å². The lowest BCUT2D eigenvalue weighted by Gasteiger charge is -2.03. The van der Waals surface area contributed by atoms with Crippen molar-refractivity contribution in [2.75, 3.05) is 0 Å². The zero-order valence-electron chi connectivity index (χ0n) is 8.10. The van der Waals surface area contributed by atoms with Gasteiger partial charge < -0.3 is 10.2 Å². The van der Waals surface area contributed by atoms with Gasteiger partial charge in [0.15, 0.2) is 5.78 Å². The highest BCUT2D eigenvalue weighted by molar-refractivity contribution is 6.03. The lowest BCUT2D eigenvalue weighted by atomic mass is 10.0. The minimum Gasteiger partial charge on any atom is -0.481 e. The van der Waals surface area contributed by atoms with Gasteiger partial charge in [-0.3, -0.25) is 9.59 Å². The molecule has 1 aliphatic carbocycles. The molecule has 82 valence electrons. The molecule has 0 aliphatic heterocycles. The molecule has 0 amide bonds. The van der Waals surface area contributed by atoms with E-state index in [-0.39, 0.29) is 18.1 Å². The van der Waals surface area contributed by atoms with Crippen LogP contribution in [0.2, 0.25) is 0 Å². The Morgan fingerprint density at radius 1 is 1.40 bits per heavy atom. The highest BCUT2D eigenvalue weighted by Gasteiger charge is 2.29. The average molecular weight is 212 g/mol. The number of hydrogen-bond acceptors (Lipinski definition) is 3. The summed E-state index contributed by atoms with van der Waals surface area (Å²) < 4.78 is 0. The predicted octanol–water partition coefficient (Wildman–Crippen LogP) is 0.841. The molecule has 0 heterocycles. The maximum absolute atomic E-state index is 11.5. The van der Waals surface area contributed by atoms with E-state index in [1.165, 1.54) is 0 Å². The zero-order valence-corrected chi connectivity index (χ0v) is 8.10. The van der Waals surface area contributed by atoms with Gasteiger partial charge in [-0.05, 0) is 19.3 Å². The maximum atomic E-state index is 11.5. The number of carbonyl (C=O) groups excluding carboxylic acids is 1. The highest BCUT2D eigenvalue weighted by atomic mass is 16.4. The number of carbonyl (C=O) groups is 3. The van der Waals surface area contributed by atoms with Gasteiger partial charge in [-0.1, -0.05) is 0 Å². The molecule has 1 unspecified atom stereocenters. The topological polar surface area (TPSA) is 91.7 Å². The molecule has 1 atom stereocenters. The SMILES string of the molecule is O=C(O)/C=C1\CCC(CCC(=O)O)C1=O. The van der Waals surface area contributed by atoms with Crippen LogP contribution in [0, 0.1) is 5.92 Å². The van der Waals surface area contributed by atoms with E-state index in [2.05, 4.69) is 0 Å². The van der Waals surface area contributed by atoms with Crippen molar-refractivity contribution in [3.8, 4) is 0 Å². The second-order valence-corrected chi connectivity index (χ2v) is 3.54. The largest absolute Gasteiger partial charge is 0.481 e. The van der Waals surface area contributed by atoms with Gasteiger partial charge in [0, 0.05) is 24.0 Å². The Morgan fingerprint density at radius 2 is 2.07 bits per heavy atom. The summed E-state index contributed by atoms with van der Waals surface area (Å²) in [5.41, 5.74) is 0.304. The number of carboxylic acids is 2. The maximum Gasteiger partial charge on any atom is 0.328 e. The predicted molar refractivity (Wildman–Crippen MR) is 50.3 cm³/mol. The van der Waals surface area contributed by atoms with Crippen LogP contribution in [-0.2, 0) is 14.4 Å². The molecule has 0 aromatic rings. The monoisotopic (exact) mass is 212 g/mol. The Balaban J connectivity index is 2.56. The molecule has 1 saturated carbocycles. The molecule has 0 radical (unpaired) electrons. The number of aliphatic carboxylic acids is 2. The number of allylic oxidation sites excluding steroid dienone is 1. The lowest BCUT2D eigenvalue weighted by Crippen LogP contribution is -2.10. The Kier molecular flexibility index (Phi) is 3.60. The number of rotatable bonds is 4. The van der Waals surface area contributed by atoms with Crippen molar-refractivity contribution in [1.82, 2.24) is 0 Å². The van der Waals surface area contributed by atoms with Gasteiger partial charge >= 0.3 is 11.9 Å². The Labute approximate surface area is 86.4 Å². The molecule has 1 rings (SSSR count). The Hall–Kier alpha value is -1.65. The standard InChI is InChI=1S/C10H12O5/c11-8(12)4-3-6-1-2-7(10(6)15)5-9(13)14/h5-6H,1-4H2,(H,11,12)(H,13,14)/b7-5+. The molecular formula is C10H12O5. The van der Waals surface area contributed by atoms with Crippen LogP contribution < -0.4 is 0 Å². The first kappa shape index (κ1) is 11.4. The van der Waals surface area contributed by atoms with E-state index in [9.17, 15) is 14.4 Å². The third-order valence-electron chi connectivity index (χ3n) is 2.45. The summed E-state index contributed by atoms with van der Waals surface area (Å²) >= 11 is 0. The van der Waals surface area contributed by atoms with Crippen molar-refractivity contribution >= 4 is 17.7 Å². The van der Waals surface area contributed by atoms with Crippen LogP contribution in [0.25, 0.3) is 0 Å². The summed E-state index contributed by atoms with van der Waals surface area (Å²) in [6, 6.07) is 0. The summed E-state index contributed by atoms with van der Waals surface area (Å²) in [5.74, 6) is -2.58. The van der Waals surface area contributed by atoms with Crippen LogP contribution >= 0.6 is 0 Å². The summed E-state index contributed by atoms with van der Waals surface area (Å²) in [5, 5.41) is 16.9. The van der Waals surface area contributed by atoms with E-state index in [1.807, 2.05) is 0 Å². The third kappa shape index (κ3) is 3.19. The number of Topliss-reactive ketones (excluding diaryl/α,β-unsaturated/α-hetero) is 1. The molecule has 5 heteroatoms. The molecule has 1 aliphatic rings. The normalized spacial score (nSPS) is 23.3. The second-order valence-electron chi connectivity index (χ2n) is 3.54. The van der Waals surface area contributed by atoms with E-state index in [0.717, 1.165) is 6.08 Å². The van der Waals surface area contributed by atoms with E-state index in [1.54, 1.807) is 0 Å². The summed E-state index contributed by atoms with van der Waals surface area (Å²) in [6.45, 7) is 0. The lowest BCUT2D eigenvalue weighted by molar-refractivity contribution is -0.137. The Bertz CT molecular complexity index is 329. The van der Waals surface area contributed by atoms with Crippen LogP contribution in [0.1, 0.15) is 25.7 Å². The van der Waals surface area contributed by atoms with E-state index >= 15 is 0 Å². The molecular weight excluding hydrogens is 200 g/mol. The molecule has 2 N–H and O–H groups in total. The summed E-state index contributed by atoms with van der Waals surface area (Å²) in [4.78, 5) is 32.2. The first-order valence-electron chi connectivity index (χ1n) is 4.70. The zero-order chi connectivity index (χ0) is 11.4. The molecule has 0 aromatic heterocycles. The molecule has 0 saturated heterocycles. The van der Waals surface area contributed by atoms with Crippen LogP contribution in [0.15, 0.2) is 11.6 Å². The minimum atomic E-state index is -1.13. The van der Waals surface area contributed by atoms with Crippen LogP contribution in [0.5, 0.6) is 0 Å². The third-order valence-corrected chi connectivity index (χ3v) is 2.45. The minimum absolute atomic E-state index is 0.0449. The van der Waals surface area contributed by atoms with Gasteiger partial charge in [-0.25, -0.2) is 4.79 Å². The van der Waals surface area contributed by atoms with E-state index in [0.29, 0.717) is 24.8 Å². The van der Waals surface area contributed by atoms with Gasteiger partial charge in [0.05, 0.1) is 0 Å². The van der Waals surface area contributed by atoms with Gasteiger partial charge in [-0.2, -0.15) is 0 Å². The quantitative estimate of drug-likeness (QED) is 0.674. The van der Waals surface area contributed by atoms with Gasteiger partial charge in [-0.15, -0.1) is 0 Å². The van der Waals surface area contributed by atoms with Crippen molar-refractivity contribution in [1.29, 1.82) is 0 Å². The van der Waals surface area contributed by atoms with Crippen LogP contribution in [0.4, 0.5) is 0 Å². The number of ketones is 1. The van der Waals surface area contributed by atoms with Crippen molar-refractivity contribution in [3.63, 3.8) is 0 Å². The Morgan fingerprint density at radius 3 is 2.60 bits per heavy atom. The van der Waals surface area contributed by atoms with Crippen LogP contribution in [-0.4, -0.2) is 27.9 Å². The molecule has 1 fully saturated rings. The molecule has 0 spiro atoms. The fraction of sp³-hybridized carbons (Fsp3) is 0.500. The molecule has 15 heavy (non-hydrogen) atoms. The van der Waals surface area contributed by atoms with Crippen molar-refractivity contribution in [2.45, 2.75) is 25.7 Å². The number of carboxylic acid groups (broad SMARTS) is 2. The van der Waals surface area contributed by atoms with Crippen LogP contribution in [0.3, 0.4) is 0 Å². The molecule has 0 aromatic carbocycles. The van der Waals surface area contributed by atoms with Crippen molar-refractivity contribution in [3.05, 3.63) is 11.6 Å². The fourth-order valence-electron chi connectivity index (χ4n) is 1.71. The van der Waals surface area contributed by atoms with Crippen molar-refractivity contribution in [2.24, 2.45) is 5.92 Å². The van der Waals surface area contributed by atoms with Gasteiger partial charge in [0.2, 0.25) is 0 Å². The summed E-state index contributed by atoms with van der Waals surface area (Å²) in [6.07, 6.45) is 2.17. The van der Waals surface area contributed by atoms with Gasteiger partial charge in [0.1, 0.15) is 0 Å². The molecule has 5 nitrogen and oxygen atoms in total. The highest BCUT2D eigenvalue weighted by Crippen LogP contribution is 2.29. The second kappa shape index (κ2) is 4.72. The van der Waals surface area contributed by atoms with E-state index < -0.39 is 11.9 Å². The van der Waals surface area contributed by atoms with Crippen molar-refractivity contribution < 1.29 is 24.6 Å². The molecule has 0 bridgehead atoms. The number of hydrogen-bond donors (Lipinski definition) is 2. The first-order valence-corrected chi connectivity index (χ1v) is 4.70. The average Bonchev–Trinajstić information content (AvgIpc) is 2.44.